The van der Waals surface area contributed by atoms with Gasteiger partial charge in [-0.3, -0.25) is 4.79 Å². The molecule has 4 N–H and O–H groups in total. The van der Waals surface area contributed by atoms with E-state index in [1.807, 2.05) is 0 Å². The van der Waals surface area contributed by atoms with E-state index < -0.39 is 63.6 Å². The number of nitrogens with zero attached hydrogens (tertiary/aromatic N) is 4. The third-order valence-electron chi connectivity index (χ3n) is 7.00. The van der Waals surface area contributed by atoms with E-state index in [1.165, 1.54) is 11.8 Å². The molecule has 41 heavy (non-hydrogen) atoms. The van der Waals surface area contributed by atoms with Crippen molar-refractivity contribution in [3.8, 4) is 23.1 Å². The first-order valence-electron chi connectivity index (χ1n) is 13.0. The highest BCUT2D eigenvalue weighted by Gasteiger charge is 2.39. The summed E-state index contributed by atoms with van der Waals surface area (Å²) in [5.41, 5.74) is 0.928. The van der Waals surface area contributed by atoms with Crippen LogP contribution in [0.25, 0.3) is 22.2 Å². The fourth-order valence-electron chi connectivity index (χ4n) is 4.80. The van der Waals surface area contributed by atoms with E-state index in [2.05, 4.69) is 25.6 Å². The summed E-state index contributed by atoms with van der Waals surface area (Å²) in [4.78, 5) is 25.9. The van der Waals surface area contributed by atoms with Crippen LogP contribution in [-0.4, -0.2) is 70.7 Å². The van der Waals surface area contributed by atoms with Crippen molar-refractivity contribution >= 4 is 28.3 Å². The minimum absolute atomic E-state index is 0.00619. The molecule has 2 aliphatic heterocycles. The number of anilines is 2. The molecule has 1 unspecified atom stereocenters. The van der Waals surface area contributed by atoms with Crippen LogP contribution in [0.3, 0.4) is 0 Å². The van der Waals surface area contributed by atoms with E-state index in [-0.39, 0.29) is 42.1 Å². The second-order valence-electron chi connectivity index (χ2n) is 10.0. The number of nitrogen functional groups attached to an aromatic ring is 1. The molecule has 2 aliphatic rings. The first kappa shape index (κ1) is 28.5. The molecule has 0 bridgehead atoms. The van der Waals surface area contributed by atoms with Crippen LogP contribution < -0.4 is 25.8 Å². The average Bonchev–Trinajstić information content (AvgIpc) is 2.89. The number of likely N-dealkylation sites (tertiary alicyclic amines) is 1. The van der Waals surface area contributed by atoms with Crippen molar-refractivity contribution in [2.45, 2.75) is 45.6 Å². The number of hydrogen-bond acceptors (Lipinski definition) is 9. The van der Waals surface area contributed by atoms with E-state index in [0.29, 0.717) is 32.1 Å². The van der Waals surface area contributed by atoms with Crippen LogP contribution in [0, 0.1) is 18.6 Å². The molecule has 2 aromatic heterocycles. The molecule has 220 valence electrons. The fraction of sp³-hybridized carbons (Fsp3) is 0.462. The van der Waals surface area contributed by atoms with Crippen LogP contribution >= 0.6 is 0 Å². The van der Waals surface area contributed by atoms with Crippen molar-refractivity contribution in [3.05, 3.63) is 28.8 Å². The number of amides is 1. The van der Waals surface area contributed by atoms with Gasteiger partial charge in [0.25, 0.3) is 0 Å². The Morgan fingerprint density at radius 2 is 1.88 bits per heavy atom. The molecule has 1 aromatic carbocycles. The highest BCUT2D eigenvalue weighted by atomic mass is 19.4. The van der Waals surface area contributed by atoms with Crippen molar-refractivity contribution in [2.24, 2.45) is 0 Å². The number of benzene rings is 1. The number of hydrogen-bond donors (Lipinski definition) is 3. The second-order valence-corrected chi connectivity index (χ2v) is 10.0. The third kappa shape index (κ3) is 5.49. The highest BCUT2D eigenvalue weighted by Crippen LogP contribution is 2.44. The van der Waals surface area contributed by atoms with Gasteiger partial charge in [0.1, 0.15) is 34.3 Å². The zero-order chi connectivity index (χ0) is 29.6. The number of pyridine rings is 1. The molecular formula is C26H28F5N7O3. The lowest BCUT2D eigenvalue weighted by Gasteiger charge is -2.37. The predicted molar refractivity (Wildman–Crippen MR) is 140 cm³/mol. The Bertz CT molecular complexity index is 1510. The van der Waals surface area contributed by atoms with E-state index in [1.54, 1.807) is 6.92 Å². The molecule has 0 saturated carbocycles. The highest BCUT2D eigenvalue weighted by molar-refractivity contribution is 5.96. The lowest BCUT2D eigenvalue weighted by atomic mass is 9.96. The fourth-order valence-corrected chi connectivity index (χ4v) is 4.80. The number of nitrogens with two attached hydrogens (primary N) is 1. The van der Waals surface area contributed by atoms with Gasteiger partial charge in [0.15, 0.2) is 5.82 Å². The van der Waals surface area contributed by atoms with E-state index >= 15 is 4.39 Å². The predicted octanol–water partition coefficient (Wildman–Crippen LogP) is 3.66. The number of rotatable bonds is 3. The third-order valence-corrected chi connectivity index (χ3v) is 7.00. The van der Waals surface area contributed by atoms with E-state index in [0.717, 1.165) is 6.92 Å². The SMILES string of the molecule is CC(=O)N1CC(Oc2nc3c4c(nc(-c5cc(N)c(F)c(C)c5C(F)(F)F)c(F)c4n2)OC(C)CCNCCN3)C1. The van der Waals surface area contributed by atoms with Gasteiger partial charge < -0.3 is 30.7 Å². The van der Waals surface area contributed by atoms with Crippen LogP contribution in [0.1, 0.15) is 31.4 Å². The van der Waals surface area contributed by atoms with Crippen LogP contribution in [0.15, 0.2) is 6.07 Å². The normalized spacial score (nSPS) is 18.2. The Morgan fingerprint density at radius 3 is 2.56 bits per heavy atom. The van der Waals surface area contributed by atoms with Crippen molar-refractivity contribution in [3.63, 3.8) is 0 Å². The summed E-state index contributed by atoms with van der Waals surface area (Å²) >= 11 is 0. The first-order chi connectivity index (χ1) is 19.3. The summed E-state index contributed by atoms with van der Waals surface area (Å²) in [6, 6.07) is 0.452. The van der Waals surface area contributed by atoms with Crippen LogP contribution in [0.2, 0.25) is 0 Å². The Balaban J connectivity index is 1.75. The van der Waals surface area contributed by atoms with E-state index in [4.69, 9.17) is 15.2 Å². The summed E-state index contributed by atoms with van der Waals surface area (Å²) < 4.78 is 85.2. The molecular weight excluding hydrogens is 553 g/mol. The molecule has 0 aliphatic carbocycles. The second kappa shape index (κ2) is 10.8. The van der Waals surface area contributed by atoms with Crippen molar-refractivity contribution in [1.82, 2.24) is 25.2 Å². The molecule has 5 rings (SSSR count). The van der Waals surface area contributed by atoms with E-state index in [9.17, 15) is 22.4 Å². The summed E-state index contributed by atoms with van der Waals surface area (Å²) in [6.45, 7) is 6.05. The van der Waals surface area contributed by atoms with Gasteiger partial charge in [-0.1, -0.05) is 0 Å². The Kier molecular flexibility index (Phi) is 7.48. The summed E-state index contributed by atoms with van der Waals surface area (Å²) in [5, 5.41) is 6.30. The van der Waals surface area contributed by atoms with Crippen LogP contribution in [0.4, 0.5) is 33.5 Å². The maximum Gasteiger partial charge on any atom is 0.417 e. The topological polar surface area (TPSA) is 128 Å². The zero-order valence-corrected chi connectivity index (χ0v) is 22.5. The maximum atomic E-state index is 16.3. The summed E-state index contributed by atoms with van der Waals surface area (Å²) in [6.07, 6.45) is -5.50. The van der Waals surface area contributed by atoms with Gasteiger partial charge in [-0.25, -0.2) is 13.8 Å². The van der Waals surface area contributed by atoms with Crippen molar-refractivity contribution in [2.75, 3.05) is 43.8 Å². The molecule has 1 saturated heterocycles. The van der Waals surface area contributed by atoms with Crippen molar-refractivity contribution in [1.29, 1.82) is 0 Å². The van der Waals surface area contributed by atoms with Gasteiger partial charge in [0, 0.05) is 25.6 Å². The average molecular weight is 582 g/mol. The Labute approximate surface area is 231 Å². The lowest BCUT2D eigenvalue weighted by molar-refractivity contribution is -0.138. The monoisotopic (exact) mass is 581 g/mol. The van der Waals surface area contributed by atoms with Gasteiger partial charge in [0.2, 0.25) is 11.8 Å². The summed E-state index contributed by atoms with van der Waals surface area (Å²) in [7, 11) is 0. The molecule has 0 spiro atoms. The molecule has 4 heterocycles. The van der Waals surface area contributed by atoms with Gasteiger partial charge in [-0.2, -0.15) is 23.1 Å². The Hall–Kier alpha value is -4.01. The molecule has 0 radical (unpaired) electrons. The minimum atomic E-state index is -5.06. The zero-order valence-electron chi connectivity index (χ0n) is 22.5. The summed E-state index contributed by atoms with van der Waals surface area (Å²) in [5.74, 6) is -2.74. The maximum absolute atomic E-state index is 16.3. The number of nitrogens with one attached hydrogen (secondary N) is 2. The smallest absolute Gasteiger partial charge is 0.417 e. The molecule has 15 heteroatoms. The van der Waals surface area contributed by atoms with Crippen LogP contribution in [-0.2, 0) is 11.0 Å². The number of ether oxygens (including phenoxy) is 2. The molecule has 10 nitrogen and oxygen atoms in total. The van der Waals surface area contributed by atoms with Crippen LogP contribution in [0.5, 0.6) is 11.9 Å². The van der Waals surface area contributed by atoms with Gasteiger partial charge in [0.05, 0.1) is 30.4 Å². The molecule has 1 atom stereocenters. The Morgan fingerprint density at radius 1 is 1.15 bits per heavy atom. The minimum Gasteiger partial charge on any atom is -0.474 e. The standard InChI is InChI=1S/C26H28F5N7O3/c1-11-4-5-33-6-7-34-23-17-22(36-25(37-23)41-14-9-38(10-14)13(3)39)20(28)21(35-24(17)40-11)15-8-16(32)19(27)12(2)18(15)26(29,30)31/h8,11,14,33H,4-7,9-10,32H2,1-3H3,(H,34,36,37). The number of aromatic nitrogens is 3. The largest absolute Gasteiger partial charge is 0.474 e. The number of alkyl halides is 3. The quantitative estimate of drug-likeness (QED) is 0.314. The molecule has 1 amide bonds. The van der Waals surface area contributed by atoms with Gasteiger partial charge >= 0.3 is 12.2 Å². The van der Waals surface area contributed by atoms with Gasteiger partial charge in [-0.15, -0.1) is 0 Å². The molecule has 3 aromatic rings. The number of carbonyl (C=O) groups excluding carboxylic acids is 1. The number of carbonyl (C=O) groups is 1. The van der Waals surface area contributed by atoms with Crippen molar-refractivity contribution < 1.29 is 36.2 Å². The first-order valence-corrected chi connectivity index (χ1v) is 13.0. The molecule has 1 fully saturated rings. The number of halogens is 5. The lowest BCUT2D eigenvalue weighted by Crippen LogP contribution is -2.55. The van der Waals surface area contributed by atoms with Gasteiger partial charge in [-0.05, 0) is 38.4 Å².